The highest BCUT2D eigenvalue weighted by Gasteiger charge is 2.30. The highest BCUT2D eigenvalue weighted by molar-refractivity contribution is 6.29. The third-order valence-electron chi connectivity index (χ3n) is 4.36. The van der Waals surface area contributed by atoms with Gasteiger partial charge in [0, 0.05) is 31.7 Å². The number of nitrogens with zero attached hydrogens (tertiary/aromatic N) is 6. The molecule has 4 heterocycles. The van der Waals surface area contributed by atoms with E-state index in [-0.39, 0.29) is 0 Å². The second-order valence-electron chi connectivity index (χ2n) is 5.54. The van der Waals surface area contributed by atoms with Gasteiger partial charge in [-0.2, -0.15) is 19.6 Å². The van der Waals surface area contributed by atoms with E-state index in [2.05, 4.69) is 24.9 Å². The maximum Gasteiger partial charge on any atom is 0.255 e. The number of piperidine rings is 1. The molecule has 0 saturated carbocycles. The van der Waals surface area contributed by atoms with Crippen LogP contribution in [0.2, 0.25) is 5.15 Å². The minimum atomic E-state index is 0.478. The van der Waals surface area contributed by atoms with E-state index in [1.54, 1.807) is 4.52 Å². The second kappa shape index (κ2) is 4.86. The first kappa shape index (κ1) is 12.3. The standard InChI is InChI=1S/C13H17ClN6/c14-11-7-12(20-13(17-11)15-9-16-20)19-6-5-18-4-2-1-3-10(18)8-19/h7,9-10H,1-6,8H2. The van der Waals surface area contributed by atoms with Crippen molar-refractivity contribution in [1.29, 1.82) is 0 Å². The van der Waals surface area contributed by atoms with Gasteiger partial charge < -0.3 is 4.90 Å². The summed E-state index contributed by atoms with van der Waals surface area (Å²) >= 11 is 6.11. The summed E-state index contributed by atoms with van der Waals surface area (Å²) in [6, 6.07) is 2.55. The van der Waals surface area contributed by atoms with Gasteiger partial charge in [-0.25, -0.2) is 0 Å². The van der Waals surface area contributed by atoms with Crippen molar-refractivity contribution in [3.8, 4) is 0 Å². The van der Waals surface area contributed by atoms with Gasteiger partial charge in [-0.05, 0) is 19.4 Å². The molecule has 2 fully saturated rings. The molecule has 0 aromatic carbocycles. The van der Waals surface area contributed by atoms with E-state index in [1.807, 2.05) is 6.07 Å². The maximum absolute atomic E-state index is 6.11. The first-order valence-electron chi connectivity index (χ1n) is 7.16. The molecule has 2 aliphatic heterocycles. The Morgan fingerprint density at radius 3 is 3.10 bits per heavy atom. The van der Waals surface area contributed by atoms with Gasteiger partial charge in [-0.3, -0.25) is 4.90 Å². The molecule has 20 heavy (non-hydrogen) atoms. The van der Waals surface area contributed by atoms with Crippen LogP contribution in [0, 0.1) is 0 Å². The van der Waals surface area contributed by atoms with Crippen molar-refractivity contribution in [2.24, 2.45) is 0 Å². The van der Waals surface area contributed by atoms with Gasteiger partial charge in [0.15, 0.2) is 0 Å². The van der Waals surface area contributed by atoms with Crippen molar-refractivity contribution < 1.29 is 0 Å². The third kappa shape index (κ3) is 2.03. The van der Waals surface area contributed by atoms with E-state index in [4.69, 9.17) is 11.6 Å². The quantitative estimate of drug-likeness (QED) is 0.745. The summed E-state index contributed by atoms with van der Waals surface area (Å²) < 4.78 is 1.78. The summed E-state index contributed by atoms with van der Waals surface area (Å²) in [6.07, 6.45) is 5.49. The molecule has 0 spiro atoms. The van der Waals surface area contributed by atoms with Crippen LogP contribution in [0.15, 0.2) is 12.4 Å². The Balaban J connectivity index is 1.67. The van der Waals surface area contributed by atoms with Crippen LogP contribution >= 0.6 is 11.6 Å². The highest BCUT2D eigenvalue weighted by Crippen LogP contribution is 2.26. The number of hydrogen-bond acceptors (Lipinski definition) is 5. The minimum Gasteiger partial charge on any atom is -0.354 e. The van der Waals surface area contributed by atoms with E-state index in [9.17, 15) is 0 Å². The molecular weight excluding hydrogens is 276 g/mol. The van der Waals surface area contributed by atoms with Gasteiger partial charge in [0.2, 0.25) is 0 Å². The van der Waals surface area contributed by atoms with Gasteiger partial charge in [-0.1, -0.05) is 18.0 Å². The Labute approximate surface area is 122 Å². The molecule has 0 N–H and O–H groups in total. The first-order valence-corrected chi connectivity index (χ1v) is 7.54. The number of piperazine rings is 1. The lowest BCUT2D eigenvalue weighted by Crippen LogP contribution is -2.55. The number of rotatable bonds is 1. The summed E-state index contributed by atoms with van der Waals surface area (Å²) in [5.41, 5.74) is 0. The molecule has 1 atom stereocenters. The van der Waals surface area contributed by atoms with Crippen LogP contribution in [0.25, 0.3) is 5.78 Å². The molecule has 2 aromatic heterocycles. The predicted molar refractivity (Wildman–Crippen MR) is 77.2 cm³/mol. The van der Waals surface area contributed by atoms with Crippen LogP contribution in [0.1, 0.15) is 19.3 Å². The normalized spacial score (nSPS) is 24.1. The Hall–Kier alpha value is -1.40. The second-order valence-corrected chi connectivity index (χ2v) is 5.93. The number of halogens is 1. The van der Waals surface area contributed by atoms with Crippen molar-refractivity contribution in [2.75, 3.05) is 31.1 Å². The zero-order valence-corrected chi connectivity index (χ0v) is 12.0. The van der Waals surface area contributed by atoms with E-state index < -0.39 is 0 Å². The number of aromatic nitrogens is 4. The molecule has 2 saturated heterocycles. The SMILES string of the molecule is Clc1cc(N2CCN3CCCCC3C2)n2ncnc2n1. The smallest absolute Gasteiger partial charge is 0.255 e. The molecule has 1 unspecified atom stereocenters. The maximum atomic E-state index is 6.11. The lowest BCUT2D eigenvalue weighted by Gasteiger charge is -2.44. The van der Waals surface area contributed by atoms with Crippen molar-refractivity contribution in [2.45, 2.75) is 25.3 Å². The lowest BCUT2D eigenvalue weighted by molar-refractivity contribution is 0.133. The number of fused-ring (bicyclic) bond motifs is 2. The molecule has 106 valence electrons. The zero-order valence-electron chi connectivity index (χ0n) is 11.2. The molecular formula is C13H17ClN6. The van der Waals surface area contributed by atoms with Gasteiger partial charge >= 0.3 is 0 Å². The van der Waals surface area contributed by atoms with Crippen molar-refractivity contribution in [3.05, 3.63) is 17.5 Å². The Bertz CT molecular complexity index is 626. The molecule has 7 heteroatoms. The van der Waals surface area contributed by atoms with Gasteiger partial charge in [0.1, 0.15) is 17.3 Å². The van der Waals surface area contributed by atoms with Crippen molar-refractivity contribution >= 4 is 23.2 Å². The van der Waals surface area contributed by atoms with Gasteiger partial charge in [-0.15, -0.1) is 0 Å². The molecule has 0 radical (unpaired) electrons. The van der Waals surface area contributed by atoms with Crippen LogP contribution in [0.4, 0.5) is 5.82 Å². The molecule has 2 aromatic rings. The van der Waals surface area contributed by atoms with Gasteiger partial charge in [0.25, 0.3) is 5.78 Å². The summed E-state index contributed by atoms with van der Waals surface area (Å²) in [7, 11) is 0. The largest absolute Gasteiger partial charge is 0.354 e. The molecule has 0 bridgehead atoms. The predicted octanol–water partition coefficient (Wildman–Crippen LogP) is 1.45. The number of hydrogen-bond donors (Lipinski definition) is 0. The molecule has 2 aliphatic rings. The van der Waals surface area contributed by atoms with Crippen LogP contribution in [0.3, 0.4) is 0 Å². The Kier molecular flexibility index (Phi) is 3.00. The summed E-state index contributed by atoms with van der Waals surface area (Å²) in [5, 5.41) is 4.75. The molecule has 0 aliphatic carbocycles. The van der Waals surface area contributed by atoms with Crippen LogP contribution < -0.4 is 4.90 Å². The van der Waals surface area contributed by atoms with E-state index in [0.717, 1.165) is 25.5 Å². The summed E-state index contributed by atoms with van der Waals surface area (Å²) in [6.45, 7) is 4.40. The van der Waals surface area contributed by atoms with Crippen molar-refractivity contribution in [1.82, 2.24) is 24.5 Å². The molecule has 6 nitrogen and oxygen atoms in total. The fraction of sp³-hybridized carbons (Fsp3) is 0.615. The van der Waals surface area contributed by atoms with E-state index in [0.29, 0.717) is 17.0 Å². The summed E-state index contributed by atoms with van der Waals surface area (Å²) in [5.74, 6) is 1.57. The van der Waals surface area contributed by atoms with Crippen molar-refractivity contribution in [3.63, 3.8) is 0 Å². The zero-order chi connectivity index (χ0) is 13.5. The Morgan fingerprint density at radius 1 is 1.20 bits per heavy atom. The van der Waals surface area contributed by atoms with Crippen LogP contribution in [-0.4, -0.2) is 56.7 Å². The van der Waals surface area contributed by atoms with Gasteiger partial charge in [0.05, 0.1) is 0 Å². The fourth-order valence-corrected chi connectivity index (χ4v) is 3.53. The minimum absolute atomic E-state index is 0.478. The third-order valence-corrected chi connectivity index (χ3v) is 4.56. The van der Waals surface area contributed by atoms with E-state index in [1.165, 1.54) is 32.1 Å². The first-order chi connectivity index (χ1) is 9.81. The molecule has 0 amide bonds. The monoisotopic (exact) mass is 292 g/mol. The topological polar surface area (TPSA) is 49.6 Å². The average Bonchev–Trinajstić information content (AvgIpc) is 2.94. The molecule has 4 rings (SSSR count). The van der Waals surface area contributed by atoms with Crippen LogP contribution in [-0.2, 0) is 0 Å². The Morgan fingerprint density at radius 2 is 2.15 bits per heavy atom. The van der Waals surface area contributed by atoms with Crippen LogP contribution in [0.5, 0.6) is 0 Å². The van der Waals surface area contributed by atoms with E-state index >= 15 is 0 Å². The number of anilines is 1. The fourth-order valence-electron chi connectivity index (χ4n) is 3.36. The highest BCUT2D eigenvalue weighted by atomic mass is 35.5. The summed E-state index contributed by atoms with van der Waals surface area (Å²) in [4.78, 5) is 13.3. The average molecular weight is 293 g/mol. The lowest BCUT2D eigenvalue weighted by atomic mass is 9.99.